The van der Waals surface area contributed by atoms with E-state index >= 15 is 0 Å². The molecule has 74 valence electrons. The third-order valence-corrected chi connectivity index (χ3v) is 4.26. The molecule has 0 aliphatic heterocycles. The fraction of sp³-hybridized carbons (Fsp3) is 0.333. The average Bonchev–Trinajstić information content (AvgIpc) is 2.81. The van der Waals surface area contributed by atoms with Crippen molar-refractivity contribution in [1.29, 1.82) is 0 Å². The highest BCUT2D eigenvalue weighted by Crippen LogP contribution is 2.49. The Morgan fingerprint density at radius 2 is 1.87 bits per heavy atom. The van der Waals surface area contributed by atoms with Crippen molar-refractivity contribution in [3.05, 3.63) is 47.0 Å². The summed E-state index contributed by atoms with van der Waals surface area (Å²) >= 11 is 0. The van der Waals surface area contributed by atoms with E-state index < -0.39 is 0 Å². The monoisotopic (exact) mass is 194 g/mol. The van der Waals surface area contributed by atoms with Crippen molar-refractivity contribution in [2.45, 2.75) is 18.8 Å². The molecule has 3 atom stereocenters. The summed E-state index contributed by atoms with van der Waals surface area (Å²) < 4.78 is 0. The van der Waals surface area contributed by atoms with Crippen molar-refractivity contribution < 1.29 is 0 Å². The highest BCUT2D eigenvalue weighted by molar-refractivity contribution is 5.85. The van der Waals surface area contributed by atoms with E-state index in [4.69, 9.17) is 0 Å². The van der Waals surface area contributed by atoms with Crippen LogP contribution >= 0.6 is 0 Å². The van der Waals surface area contributed by atoms with Gasteiger partial charge in [0.25, 0.3) is 0 Å². The Labute approximate surface area is 90.3 Å². The van der Waals surface area contributed by atoms with E-state index in [2.05, 4.69) is 42.5 Å². The van der Waals surface area contributed by atoms with Crippen molar-refractivity contribution in [3.8, 4) is 0 Å². The minimum Gasteiger partial charge on any atom is -0.0851 e. The van der Waals surface area contributed by atoms with Gasteiger partial charge >= 0.3 is 0 Å². The maximum absolute atomic E-state index is 2.44. The van der Waals surface area contributed by atoms with Crippen LogP contribution in [0.15, 0.2) is 30.4 Å². The molecule has 0 amide bonds. The molecule has 1 aromatic carbocycles. The third kappa shape index (κ3) is 1.02. The van der Waals surface area contributed by atoms with Gasteiger partial charge in [-0.2, -0.15) is 0 Å². The van der Waals surface area contributed by atoms with Crippen molar-refractivity contribution in [2.75, 3.05) is 0 Å². The minimum atomic E-state index is 0.805. The average molecular weight is 194 g/mol. The third-order valence-electron chi connectivity index (χ3n) is 4.26. The Balaban J connectivity index is 1.73. The second-order valence-corrected chi connectivity index (χ2v) is 5.11. The zero-order valence-corrected chi connectivity index (χ0v) is 8.69. The molecule has 0 saturated heterocycles. The van der Waals surface area contributed by atoms with Crippen LogP contribution in [0.5, 0.6) is 0 Å². The van der Waals surface area contributed by atoms with E-state index in [1.807, 2.05) is 0 Å². The van der Waals surface area contributed by atoms with E-state index in [0.717, 1.165) is 17.8 Å². The molecule has 0 aromatic heterocycles. The molecule has 4 rings (SSSR count). The second kappa shape index (κ2) is 2.63. The summed E-state index contributed by atoms with van der Waals surface area (Å²) in [5.41, 5.74) is 4.42. The first-order chi connectivity index (χ1) is 7.40. The molecule has 15 heavy (non-hydrogen) atoms. The van der Waals surface area contributed by atoms with Crippen molar-refractivity contribution in [3.63, 3.8) is 0 Å². The van der Waals surface area contributed by atoms with Gasteiger partial charge in [-0.15, -0.1) is 0 Å². The lowest BCUT2D eigenvalue weighted by Crippen LogP contribution is -2.06. The number of hydrogen-bond donors (Lipinski definition) is 0. The number of rotatable bonds is 1. The number of allylic oxidation sites excluding steroid dienone is 2. The molecule has 3 aliphatic carbocycles. The summed E-state index contributed by atoms with van der Waals surface area (Å²) in [5.74, 6) is 2.51. The van der Waals surface area contributed by atoms with Gasteiger partial charge in [-0.05, 0) is 47.3 Å². The van der Waals surface area contributed by atoms with E-state index in [9.17, 15) is 0 Å². The quantitative estimate of drug-likeness (QED) is 0.605. The molecule has 2 bridgehead atoms. The Kier molecular flexibility index (Phi) is 1.39. The summed E-state index contributed by atoms with van der Waals surface area (Å²) in [5, 5.41) is 0. The smallest absolute Gasteiger partial charge is 0.00930 e. The van der Waals surface area contributed by atoms with Gasteiger partial charge in [-0.25, -0.2) is 0 Å². The number of benzene rings is 1. The van der Waals surface area contributed by atoms with Crippen LogP contribution in [0.4, 0.5) is 0 Å². The van der Waals surface area contributed by atoms with Gasteiger partial charge in [-0.1, -0.05) is 42.5 Å². The topological polar surface area (TPSA) is 0 Å². The molecule has 0 spiro atoms. The zero-order chi connectivity index (χ0) is 9.83. The van der Waals surface area contributed by atoms with Crippen LogP contribution in [0.1, 0.15) is 35.4 Å². The molecule has 0 radical (unpaired) electrons. The minimum absolute atomic E-state index is 0.805. The summed E-state index contributed by atoms with van der Waals surface area (Å²) in [6.45, 7) is 0. The summed E-state index contributed by atoms with van der Waals surface area (Å²) in [6, 6.07) is 7.01. The van der Waals surface area contributed by atoms with Crippen LogP contribution in [0.2, 0.25) is 0 Å². The van der Waals surface area contributed by atoms with Crippen molar-refractivity contribution in [2.24, 2.45) is 11.8 Å². The SMILES string of the molecule is C1=Cc2cc(C3CC4C=CC3C4)ccc21. The molecular formula is C15H14. The summed E-state index contributed by atoms with van der Waals surface area (Å²) in [7, 11) is 0. The van der Waals surface area contributed by atoms with Gasteiger partial charge in [0.15, 0.2) is 0 Å². The maximum Gasteiger partial charge on any atom is -0.00930 e. The Morgan fingerprint density at radius 1 is 0.933 bits per heavy atom. The molecule has 3 aliphatic rings. The lowest BCUT2D eigenvalue weighted by Gasteiger charge is -2.21. The van der Waals surface area contributed by atoms with Crippen molar-refractivity contribution in [1.82, 2.24) is 0 Å². The lowest BCUT2D eigenvalue weighted by molar-refractivity contribution is 0.585. The van der Waals surface area contributed by atoms with E-state index in [-0.39, 0.29) is 0 Å². The predicted molar refractivity (Wildman–Crippen MR) is 63.5 cm³/mol. The second-order valence-electron chi connectivity index (χ2n) is 5.11. The van der Waals surface area contributed by atoms with Gasteiger partial charge in [0.1, 0.15) is 0 Å². The van der Waals surface area contributed by atoms with Crippen molar-refractivity contribution >= 4 is 12.2 Å². The van der Waals surface area contributed by atoms with Crippen LogP contribution in [0.3, 0.4) is 0 Å². The van der Waals surface area contributed by atoms with Crippen LogP contribution in [0, 0.1) is 11.8 Å². The van der Waals surface area contributed by atoms with Crippen LogP contribution in [-0.2, 0) is 0 Å². The molecule has 0 nitrogen and oxygen atoms in total. The van der Waals surface area contributed by atoms with E-state index in [1.165, 1.54) is 24.0 Å². The predicted octanol–water partition coefficient (Wildman–Crippen LogP) is 3.85. The molecule has 1 fully saturated rings. The van der Waals surface area contributed by atoms with Gasteiger partial charge in [0.2, 0.25) is 0 Å². The van der Waals surface area contributed by atoms with E-state index in [0.29, 0.717) is 0 Å². The van der Waals surface area contributed by atoms with Gasteiger partial charge < -0.3 is 0 Å². The van der Waals surface area contributed by atoms with Gasteiger partial charge in [0, 0.05) is 0 Å². The van der Waals surface area contributed by atoms with Crippen LogP contribution < -0.4 is 0 Å². The number of hydrogen-bond acceptors (Lipinski definition) is 0. The lowest BCUT2D eigenvalue weighted by atomic mass is 9.84. The summed E-state index contributed by atoms with van der Waals surface area (Å²) in [4.78, 5) is 0. The first-order valence-electron chi connectivity index (χ1n) is 5.90. The largest absolute Gasteiger partial charge is 0.0851 e. The Bertz CT molecular complexity index is 479. The van der Waals surface area contributed by atoms with Crippen LogP contribution in [-0.4, -0.2) is 0 Å². The highest BCUT2D eigenvalue weighted by atomic mass is 14.4. The fourth-order valence-electron chi connectivity index (χ4n) is 3.37. The molecular weight excluding hydrogens is 180 g/mol. The maximum atomic E-state index is 2.44. The number of fused-ring (bicyclic) bond motifs is 3. The fourth-order valence-corrected chi connectivity index (χ4v) is 3.37. The summed E-state index contributed by atoms with van der Waals surface area (Å²) in [6.07, 6.45) is 12.1. The Hall–Kier alpha value is -1.30. The first kappa shape index (κ1) is 7.92. The first-order valence-corrected chi connectivity index (χ1v) is 5.90. The standard InChI is InChI=1S/C15H14/c1-2-13-7-10(1)8-15(13)14-6-4-11-3-5-12(11)9-14/h1-6,9-10,13,15H,7-8H2. The highest BCUT2D eigenvalue weighted by Gasteiger charge is 2.36. The molecule has 0 N–H and O–H groups in total. The van der Waals surface area contributed by atoms with E-state index in [1.54, 1.807) is 5.56 Å². The van der Waals surface area contributed by atoms with Crippen LogP contribution in [0.25, 0.3) is 12.2 Å². The Morgan fingerprint density at radius 3 is 2.47 bits per heavy atom. The molecule has 3 unspecified atom stereocenters. The van der Waals surface area contributed by atoms with Gasteiger partial charge in [0.05, 0.1) is 0 Å². The molecule has 1 aromatic rings. The molecule has 0 heteroatoms. The normalized spacial score (nSPS) is 34.3. The molecule has 1 saturated carbocycles. The molecule has 0 heterocycles. The zero-order valence-electron chi connectivity index (χ0n) is 8.69. The van der Waals surface area contributed by atoms with Gasteiger partial charge in [-0.3, -0.25) is 0 Å².